The first-order valence-corrected chi connectivity index (χ1v) is 5.36. The summed E-state index contributed by atoms with van der Waals surface area (Å²) in [7, 11) is 3.70. The second kappa shape index (κ2) is 6.14. The third-order valence-corrected chi connectivity index (χ3v) is 2.48. The van der Waals surface area contributed by atoms with Crippen LogP contribution in [0.1, 0.15) is 17.5 Å². The zero-order valence-electron chi connectivity index (χ0n) is 10.2. The van der Waals surface area contributed by atoms with E-state index in [9.17, 15) is 0 Å². The number of nitrogens with zero attached hydrogens (tertiary/aromatic N) is 2. The maximum Gasteiger partial charge on any atom is 0.123 e. The van der Waals surface area contributed by atoms with Gasteiger partial charge < -0.3 is 9.64 Å². The van der Waals surface area contributed by atoms with Gasteiger partial charge in [0.2, 0.25) is 0 Å². The van der Waals surface area contributed by atoms with Gasteiger partial charge in [0.1, 0.15) is 5.75 Å². The largest absolute Gasteiger partial charge is 0.496 e. The van der Waals surface area contributed by atoms with E-state index >= 15 is 0 Å². The van der Waals surface area contributed by atoms with E-state index in [-0.39, 0.29) is 0 Å². The molecule has 1 aromatic rings. The lowest BCUT2D eigenvalue weighted by molar-refractivity contribution is 0.324. The van der Waals surface area contributed by atoms with Gasteiger partial charge in [-0.3, -0.25) is 0 Å². The lowest BCUT2D eigenvalue weighted by Crippen LogP contribution is -2.19. The number of rotatable bonds is 5. The molecule has 1 aromatic carbocycles. The monoisotopic (exact) mass is 218 g/mol. The Hall–Kier alpha value is -1.53. The molecule has 0 bridgehead atoms. The number of hydrogen-bond acceptors (Lipinski definition) is 3. The Morgan fingerprint density at radius 2 is 2.19 bits per heavy atom. The standard InChI is InChI=1S/C13H18N2O/c1-11-5-6-13(16-3)12(9-11)10-15(2)8-4-7-14/h5-6,9H,4,8,10H2,1-3H3. The maximum atomic E-state index is 8.52. The Morgan fingerprint density at radius 1 is 1.44 bits per heavy atom. The van der Waals surface area contributed by atoms with Gasteiger partial charge in [0.15, 0.2) is 0 Å². The fraction of sp³-hybridized carbons (Fsp3) is 0.462. The molecule has 0 unspecified atom stereocenters. The summed E-state index contributed by atoms with van der Waals surface area (Å²) in [6, 6.07) is 8.31. The van der Waals surface area contributed by atoms with E-state index in [0.717, 1.165) is 18.8 Å². The number of methoxy groups -OCH3 is 1. The van der Waals surface area contributed by atoms with Crippen LogP contribution in [-0.2, 0) is 6.54 Å². The summed E-state index contributed by atoms with van der Waals surface area (Å²) >= 11 is 0. The fourth-order valence-corrected chi connectivity index (χ4v) is 1.64. The molecule has 0 aliphatic carbocycles. The summed E-state index contributed by atoms with van der Waals surface area (Å²) in [6.07, 6.45) is 0.560. The summed E-state index contributed by atoms with van der Waals surface area (Å²) in [6.45, 7) is 3.67. The van der Waals surface area contributed by atoms with Gasteiger partial charge in [0, 0.05) is 25.1 Å². The summed E-state index contributed by atoms with van der Waals surface area (Å²) < 4.78 is 5.31. The highest BCUT2D eigenvalue weighted by Gasteiger charge is 2.06. The lowest BCUT2D eigenvalue weighted by Gasteiger charge is -2.17. The molecule has 0 aliphatic rings. The first kappa shape index (κ1) is 12.5. The van der Waals surface area contributed by atoms with Crippen molar-refractivity contribution in [2.45, 2.75) is 19.9 Å². The zero-order valence-corrected chi connectivity index (χ0v) is 10.2. The molecule has 0 radical (unpaired) electrons. The second-order valence-corrected chi connectivity index (χ2v) is 3.96. The third-order valence-electron chi connectivity index (χ3n) is 2.48. The van der Waals surface area contributed by atoms with Crippen LogP contribution in [0.25, 0.3) is 0 Å². The normalized spacial score (nSPS) is 10.2. The van der Waals surface area contributed by atoms with E-state index in [1.54, 1.807) is 7.11 Å². The minimum absolute atomic E-state index is 0.560. The van der Waals surface area contributed by atoms with Gasteiger partial charge in [0.05, 0.1) is 13.2 Å². The molecule has 86 valence electrons. The Kier molecular flexibility index (Phi) is 4.81. The number of ether oxygens (including phenoxy) is 1. The van der Waals surface area contributed by atoms with Crippen LogP contribution in [0.4, 0.5) is 0 Å². The van der Waals surface area contributed by atoms with Crippen molar-refractivity contribution in [3.05, 3.63) is 29.3 Å². The molecule has 0 amide bonds. The van der Waals surface area contributed by atoms with Crippen molar-refractivity contribution in [2.24, 2.45) is 0 Å². The molecule has 3 heteroatoms. The molecule has 3 nitrogen and oxygen atoms in total. The number of benzene rings is 1. The van der Waals surface area contributed by atoms with E-state index in [1.165, 1.54) is 11.1 Å². The van der Waals surface area contributed by atoms with Crippen molar-refractivity contribution >= 4 is 0 Å². The van der Waals surface area contributed by atoms with Crippen molar-refractivity contribution in [3.63, 3.8) is 0 Å². The first-order chi connectivity index (χ1) is 7.67. The van der Waals surface area contributed by atoms with Gasteiger partial charge in [0.25, 0.3) is 0 Å². The minimum atomic E-state index is 0.560. The molecule has 0 heterocycles. The molecular weight excluding hydrogens is 200 g/mol. The van der Waals surface area contributed by atoms with Crippen LogP contribution in [0.15, 0.2) is 18.2 Å². The molecule has 0 atom stereocenters. The SMILES string of the molecule is COc1ccc(C)cc1CN(C)CCC#N. The van der Waals surface area contributed by atoms with Gasteiger partial charge in [-0.25, -0.2) is 0 Å². The van der Waals surface area contributed by atoms with Gasteiger partial charge in [-0.15, -0.1) is 0 Å². The van der Waals surface area contributed by atoms with E-state index in [0.29, 0.717) is 6.42 Å². The average Bonchev–Trinajstić information content (AvgIpc) is 2.27. The smallest absolute Gasteiger partial charge is 0.123 e. The summed E-state index contributed by atoms with van der Waals surface area (Å²) in [4.78, 5) is 2.13. The first-order valence-electron chi connectivity index (χ1n) is 5.36. The molecule has 1 rings (SSSR count). The number of aryl methyl sites for hydroxylation is 1. The van der Waals surface area contributed by atoms with E-state index in [2.05, 4.69) is 24.0 Å². The summed E-state index contributed by atoms with van der Waals surface area (Å²) in [5.41, 5.74) is 2.40. The van der Waals surface area contributed by atoms with Crippen LogP contribution in [0.2, 0.25) is 0 Å². The highest BCUT2D eigenvalue weighted by atomic mass is 16.5. The topological polar surface area (TPSA) is 36.3 Å². The molecule has 16 heavy (non-hydrogen) atoms. The highest BCUT2D eigenvalue weighted by molar-refractivity contribution is 5.36. The molecule has 0 N–H and O–H groups in total. The van der Waals surface area contributed by atoms with Gasteiger partial charge >= 0.3 is 0 Å². The quantitative estimate of drug-likeness (QED) is 0.761. The van der Waals surface area contributed by atoms with Crippen molar-refractivity contribution < 1.29 is 4.74 Å². The van der Waals surface area contributed by atoms with Crippen LogP contribution in [0, 0.1) is 18.3 Å². The molecule has 0 aromatic heterocycles. The van der Waals surface area contributed by atoms with Crippen molar-refractivity contribution in [3.8, 4) is 11.8 Å². The summed E-state index contributed by atoms with van der Waals surface area (Å²) in [5.74, 6) is 0.911. The Morgan fingerprint density at radius 3 is 2.81 bits per heavy atom. The highest BCUT2D eigenvalue weighted by Crippen LogP contribution is 2.20. The van der Waals surface area contributed by atoms with Crippen LogP contribution >= 0.6 is 0 Å². The van der Waals surface area contributed by atoms with Gasteiger partial charge in [-0.1, -0.05) is 17.7 Å². The number of hydrogen-bond donors (Lipinski definition) is 0. The van der Waals surface area contributed by atoms with Crippen LogP contribution in [0.5, 0.6) is 5.75 Å². The maximum absolute atomic E-state index is 8.52. The van der Waals surface area contributed by atoms with Gasteiger partial charge in [-0.05, 0) is 20.0 Å². The molecular formula is C13H18N2O. The molecule has 0 spiro atoms. The molecule has 0 fully saturated rings. The Labute approximate surface area is 97.3 Å². The predicted molar refractivity (Wildman–Crippen MR) is 64.3 cm³/mol. The van der Waals surface area contributed by atoms with Crippen LogP contribution < -0.4 is 4.74 Å². The van der Waals surface area contributed by atoms with Crippen LogP contribution in [-0.4, -0.2) is 25.6 Å². The van der Waals surface area contributed by atoms with Crippen molar-refractivity contribution in [2.75, 3.05) is 20.7 Å². The number of nitriles is 1. The van der Waals surface area contributed by atoms with E-state index < -0.39 is 0 Å². The summed E-state index contributed by atoms with van der Waals surface area (Å²) in [5, 5.41) is 8.52. The van der Waals surface area contributed by atoms with Crippen molar-refractivity contribution in [1.29, 1.82) is 5.26 Å². The molecule has 0 saturated heterocycles. The molecule has 0 saturated carbocycles. The third kappa shape index (κ3) is 3.56. The van der Waals surface area contributed by atoms with Crippen molar-refractivity contribution in [1.82, 2.24) is 4.90 Å². The second-order valence-electron chi connectivity index (χ2n) is 3.96. The fourth-order valence-electron chi connectivity index (χ4n) is 1.64. The Balaban J connectivity index is 2.71. The van der Waals surface area contributed by atoms with E-state index in [4.69, 9.17) is 10.00 Å². The Bertz CT molecular complexity index is 382. The van der Waals surface area contributed by atoms with E-state index in [1.807, 2.05) is 19.2 Å². The average molecular weight is 218 g/mol. The molecule has 0 aliphatic heterocycles. The lowest BCUT2D eigenvalue weighted by atomic mass is 10.1. The predicted octanol–water partition coefficient (Wildman–Crippen LogP) is 2.35. The van der Waals surface area contributed by atoms with Gasteiger partial charge in [-0.2, -0.15) is 5.26 Å². The van der Waals surface area contributed by atoms with Crippen LogP contribution in [0.3, 0.4) is 0 Å². The zero-order chi connectivity index (χ0) is 12.0. The minimum Gasteiger partial charge on any atom is -0.496 e.